The van der Waals surface area contributed by atoms with Gasteiger partial charge in [0.25, 0.3) is 11.8 Å². The molecule has 4 heterocycles. The van der Waals surface area contributed by atoms with Gasteiger partial charge in [0.1, 0.15) is 11.5 Å². The molecular weight excluding hydrogens is 885 g/mol. The predicted molar refractivity (Wildman–Crippen MR) is 276 cm³/mol. The molecular formula is C56H78N6O8. The number of ether oxygens (including phenoxy) is 6. The Morgan fingerprint density at radius 1 is 0.586 bits per heavy atom. The Kier molecular flexibility index (Phi) is 19.5. The molecule has 5 aromatic rings. The van der Waals surface area contributed by atoms with Crippen LogP contribution in [-0.2, 0) is 15.0 Å². The second kappa shape index (κ2) is 26.3. The van der Waals surface area contributed by atoms with E-state index < -0.39 is 12.2 Å². The van der Waals surface area contributed by atoms with E-state index in [0.717, 1.165) is 44.2 Å². The number of carbonyl (C=O) groups is 2. The first-order valence-corrected chi connectivity index (χ1v) is 26.4. The van der Waals surface area contributed by atoms with Crippen LogP contribution in [0.15, 0.2) is 60.7 Å². The molecule has 14 nitrogen and oxygen atoms in total. The molecule has 2 atom stereocenters. The van der Waals surface area contributed by atoms with Crippen molar-refractivity contribution in [3.05, 3.63) is 66.4 Å². The number of aromatic nitrogens is 4. The van der Waals surface area contributed by atoms with Crippen LogP contribution in [0.1, 0.15) is 182 Å². The number of rotatable bonds is 31. The maximum Gasteiger partial charge on any atom is 0.265 e. The number of nitrogens with zero attached hydrogens (tertiary/aromatic N) is 3. The molecule has 2 aliphatic heterocycles. The molecule has 380 valence electrons. The van der Waals surface area contributed by atoms with Gasteiger partial charge in [0, 0.05) is 46.2 Å². The molecule has 2 aliphatic rings. The molecule has 7 rings (SSSR count). The van der Waals surface area contributed by atoms with Crippen molar-refractivity contribution in [1.29, 1.82) is 0 Å². The molecule has 0 aliphatic carbocycles. The van der Waals surface area contributed by atoms with Crippen LogP contribution < -0.4 is 39.1 Å². The van der Waals surface area contributed by atoms with Crippen LogP contribution in [0.2, 0.25) is 0 Å². The summed E-state index contributed by atoms with van der Waals surface area (Å²) in [4.78, 5) is 33.8. The number of hydrogen-bond donors (Lipinski definition) is 3. The third-order valence-electron chi connectivity index (χ3n) is 13.1. The minimum Gasteiger partial charge on any atom is -0.480 e. The molecule has 0 bridgehead atoms. The number of unbranched alkanes of at least 4 members (excludes halogenated alkanes) is 18. The average molecular weight is 963 g/mol. The monoisotopic (exact) mass is 963 g/mol. The van der Waals surface area contributed by atoms with Gasteiger partial charge in [-0.15, -0.1) is 5.10 Å². The molecule has 0 spiro atoms. The van der Waals surface area contributed by atoms with Crippen LogP contribution in [0.5, 0.6) is 34.5 Å². The Morgan fingerprint density at radius 2 is 1.01 bits per heavy atom. The van der Waals surface area contributed by atoms with E-state index >= 15 is 0 Å². The minimum atomic E-state index is -0.809. The molecule has 0 fully saturated rings. The Morgan fingerprint density at radius 3 is 1.44 bits per heavy atom. The lowest BCUT2D eigenvalue weighted by Gasteiger charge is -2.21. The largest absolute Gasteiger partial charge is 0.480 e. The van der Waals surface area contributed by atoms with Crippen molar-refractivity contribution < 1.29 is 38.0 Å². The molecule has 0 saturated heterocycles. The van der Waals surface area contributed by atoms with Crippen molar-refractivity contribution in [2.24, 2.45) is 0 Å². The van der Waals surface area contributed by atoms with Crippen molar-refractivity contribution >= 4 is 28.8 Å². The van der Waals surface area contributed by atoms with E-state index in [1.807, 2.05) is 18.2 Å². The number of benzene rings is 3. The highest BCUT2D eigenvalue weighted by atomic mass is 16.7. The van der Waals surface area contributed by atoms with E-state index in [1.165, 1.54) is 89.9 Å². The standard InChI is InChI=1S/C56H78N6O8/c1-6-8-10-12-14-16-18-20-22-24-26-47(69-43-28-30-45-49(35-43)67-38-65-45)54(63)57-41-32-40(53-59-52-37-51(56(3,4)5)60-62(52)61-53)33-42(34-41)58-55(64)48(27-25-23-21-19-17-15-13-11-9-7-2)70-44-29-31-46-50(36-44)68-39-66-46/h28-37,47-48,60H,6-27,38-39H2,1-5H3,(H,57,63)(H,58,64). The third kappa shape index (κ3) is 15.5. The highest BCUT2D eigenvalue weighted by Crippen LogP contribution is 2.37. The summed E-state index contributed by atoms with van der Waals surface area (Å²) in [5.41, 5.74) is 3.03. The number of hydrogen-bond acceptors (Lipinski definition) is 10. The molecule has 2 amide bonds. The molecule has 0 radical (unpaired) electrons. The smallest absolute Gasteiger partial charge is 0.265 e. The topological polar surface area (TPSA) is 160 Å². The van der Waals surface area contributed by atoms with Crippen LogP contribution >= 0.6 is 0 Å². The number of anilines is 2. The average Bonchev–Trinajstić information content (AvgIpc) is 4.17. The normalized spacial score (nSPS) is 13.7. The first-order valence-electron chi connectivity index (χ1n) is 26.4. The van der Waals surface area contributed by atoms with Gasteiger partial charge in [-0.1, -0.05) is 150 Å². The van der Waals surface area contributed by atoms with Gasteiger partial charge in [0.2, 0.25) is 13.6 Å². The highest BCUT2D eigenvalue weighted by Gasteiger charge is 2.26. The zero-order chi connectivity index (χ0) is 49.1. The van der Waals surface area contributed by atoms with Gasteiger partial charge < -0.3 is 39.1 Å². The second-order valence-electron chi connectivity index (χ2n) is 20.1. The fourth-order valence-electron chi connectivity index (χ4n) is 8.98. The van der Waals surface area contributed by atoms with E-state index in [4.69, 9.17) is 38.5 Å². The molecule has 2 unspecified atom stereocenters. The molecule has 3 aromatic carbocycles. The summed E-state index contributed by atoms with van der Waals surface area (Å²) in [6.07, 6.45) is 23.0. The maximum absolute atomic E-state index is 14.5. The number of carbonyl (C=O) groups excluding carboxylic acids is 2. The third-order valence-corrected chi connectivity index (χ3v) is 13.1. The van der Waals surface area contributed by atoms with Crippen LogP contribution in [-0.4, -0.2) is 57.4 Å². The van der Waals surface area contributed by atoms with Gasteiger partial charge in [-0.25, -0.2) is 4.98 Å². The number of fused-ring (bicyclic) bond motifs is 3. The lowest BCUT2D eigenvalue weighted by Crippen LogP contribution is -2.34. The fraction of sp³-hybridized carbons (Fsp3) is 0.571. The highest BCUT2D eigenvalue weighted by molar-refractivity contribution is 5.98. The predicted octanol–water partition coefficient (Wildman–Crippen LogP) is 13.9. The van der Waals surface area contributed by atoms with E-state index in [1.54, 1.807) is 47.1 Å². The van der Waals surface area contributed by atoms with E-state index in [-0.39, 0.29) is 30.8 Å². The molecule has 3 N–H and O–H groups in total. The van der Waals surface area contributed by atoms with Gasteiger partial charge in [-0.3, -0.25) is 14.7 Å². The van der Waals surface area contributed by atoms with E-state index in [2.05, 4.69) is 50.4 Å². The Labute approximate surface area is 415 Å². The zero-order valence-corrected chi connectivity index (χ0v) is 42.5. The van der Waals surface area contributed by atoms with Gasteiger partial charge in [0.05, 0.1) is 0 Å². The Bertz CT molecular complexity index is 2270. The summed E-state index contributed by atoms with van der Waals surface area (Å²) in [5, 5.41) is 14.5. The number of H-pyrrole nitrogens is 1. The van der Waals surface area contributed by atoms with Crippen LogP contribution in [0.3, 0.4) is 0 Å². The Balaban J connectivity index is 1.09. The van der Waals surface area contributed by atoms with Gasteiger partial charge >= 0.3 is 0 Å². The molecule has 2 aromatic heterocycles. The van der Waals surface area contributed by atoms with Gasteiger partial charge in [-0.05, 0) is 68.1 Å². The van der Waals surface area contributed by atoms with Crippen LogP contribution in [0, 0.1) is 0 Å². The number of aromatic amines is 1. The van der Waals surface area contributed by atoms with E-state index in [0.29, 0.717) is 75.7 Å². The minimum absolute atomic E-state index is 0.135. The van der Waals surface area contributed by atoms with Crippen molar-refractivity contribution in [2.75, 3.05) is 24.2 Å². The van der Waals surface area contributed by atoms with Gasteiger partial charge in [0.15, 0.2) is 46.7 Å². The summed E-state index contributed by atoms with van der Waals surface area (Å²) < 4.78 is 36.9. The number of nitrogens with one attached hydrogen (secondary N) is 3. The van der Waals surface area contributed by atoms with Crippen molar-refractivity contribution in [3.8, 4) is 45.9 Å². The molecule has 0 saturated carbocycles. The quantitative estimate of drug-likeness (QED) is 0.0365. The van der Waals surface area contributed by atoms with Crippen molar-refractivity contribution in [1.82, 2.24) is 19.8 Å². The van der Waals surface area contributed by atoms with Gasteiger partial charge in [-0.2, -0.15) is 4.63 Å². The summed E-state index contributed by atoms with van der Waals surface area (Å²) in [6, 6.07) is 18.1. The SMILES string of the molecule is CCCCCCCCCCCCC(Oc1ccc2c(c1)OCO2)C(=O)Nc1cc(NC(=O)C(CCCCCCCCCCCC)Oc2ccc3c(c2)OCO3)cc(-c2nc3cc(C(C)(C)C)[nH]n3n2)c1. The van der Waals surface area contributed by atoms with Crippen LogP contribution in [0.4, 0.5) is 11.4 Å². The fourth-order valence-corrected chi connectivity index (χ4v) is 8.98. The van der Waals surface area contributed by atoms with Crippen molar-refractivity contribution in [2.45, 2.75) is 193 Å². The maximum atomic E-state index is 14.5. The second-order valence-corrected chi connectivity index (χ2v) is 20.1. The summed E-state index contributed by atoms with van der Waals surface area (Å²) in [5.74, 6) is 3.27. The lowest BCUT2D eigenvalue weighted by atomic mass is 9.93. The van der Waals surface area contributed by atoms with Crippen LogP contribution in [0.25, 0.3) is 17.0 Å². The molecule has 70 heavy (non-hydrogen) atoms. The summed E-state index contributed by atoms with van der Waals surface area (Å²) >= 11 is 0. The number of amides is 2. The first-order chi connectivity index (χ1) is 34.1. The summed E-state index contributed by atoms with van der Waals surface area (Å²) in [7, 11) is 0. The molecule has 14 heteroatoms. The lowest BCUT2D eigenvalue weighted by molar-refractivity contribution is -0.123. The van der Waals surface area contributed by atoms with Crippen molar-refractivity contribution in [3.63, 3.8) is 0 Å². The van der Waals surface area contributed by atoms with E-state index in [9.17, 15) is 9.59 Å². The summed E-state index contributed by atoms with van der Waals surface area (Å²) in [6.45, 7) is 11.1. The Hall–Kier alpha value is -5.92. The zero-order valence-electron chi connectivity index (χ0n) is 42.5. The first kappa shape index (κ1) is 51.9.